The van der Waals surface area contributed by atoms with Crippen LogP contribution >= 0.6 is 11.8 Å². The number of esters is 1. The molecule has 0 saturated carbocycles. The molecule has 0 fully saturated rings. The Hall–Kier alpha value is -0.220. The minimum atomic E-state index is -0.185. The van der Waals surface area contributed by atoms with Crippen molar-refractivity contribution in [2.24, 2.45) is 5.92 Å². The Labute approximate surface area is 71.1 Å². The Balaban J connectivity index is 3.36. The summed E-state index contributed by atoms with van der Waals surface area (Å²) in [6.07, 6.45) is 0. The predicted octanol–water partition coefficient (Wildman–Crippen LogP) is 0.521. The lowest BCUT2D eigenvalue weighted by Gasteiger charge is -2.06. The van der Waals surface area contributed by atoms with Gasteiger partial charge in [0.05, 0.1) is 19.6 Å². The lowest BCUT2D eigenvalue weighted by Crippen LogP contribution is -2.15. The van der Waals surface area contributed by atoms with Gasteiger partial charge >= 0.3 is 5.97 Å². The average Bonchev–Trinajstić information content (AvgIpc) is 2.03. The van der Waals surface area contributed by atoms with Gasteiger partial charge in [-0.25, -0.2) is 0 Å². The number of rotatable bonds is 5. The zero-order valence-corrected chi connectivity index (χ0v) is 7.69. The number of aliphatic hydroxyl groups excluding tert-OH is 1. The van der Waals surface area contributed by atoms with Crippen molar-refractivity contribution in [2.45, 2.75) is 6.92 Å². The van der Waals surface area contributed by atoms with Gasteiger partial charge < -0.3 is 9.84 Å². The van der Waals surface area contributed by atoms with Crippen LogP contribution in [0, 0.1) is 5.92 Å². The van der Waals surface area contributed by atoms with Crippen LogP contribution in [0.1, 0.15) is 6.92 Å². The van der Waals surface area contributed by atoms with Crippen molar-refractivity contribution in [3.05, 3.63) is 0 Å². The highest BCUT2D eigenvalue weighted by Crippen LogP contribution is 2.08. The number of carbonyl (C=O) groups excluding carboxylic acids is 1. The van der Waals surface area contributed by atoms with Gasteiger partial charge in [0.2, 0.25) is 0 Å². The third-order valence-electron chi connectivity index (χ3n) is 1.21. The Morgan fingerprint density at radius 1 is 1.73 bits per heavy atom. The summed E-state index contributed by atoms with van der Waals surface area (Å²) in [5.41, 5.74) is 0. The van der Waals surface area contributed by atoms with Gasteiger partial charge in [-0.2, -0.15) is 11.8 Å². The highest BCUT2D eigenvalue weighted by atomic mass is 32.2. The molecule has 0 unspecified atom stereocenters. The Morgan fingerprint density at radius 3 is 2.82 bits per heavy atom. The van der Waals surface area contributed by atoms with Crippen LogP contribution in [0.15, 0.2) is 0 Å². The largest absolute Gasteiger partial charge is 0.469 e. The first-order chi connectivity index (χ1) is 5.22. The second-order valence-corrected chi connectivity index (χ2v) is 3.37. The maximum atomic E-state index is 10.8. The van der Waals surface area contributed by atoms with E-state index in [-0.39, 0.29) is 18.5 Å². The van der Waals surface area contributed by atoms with Crippen LogP contribution in [0.4, 0.5) is 0 Å². The molecule has 0 saturated heterocycles. The summed E-state index contributed by atoms with van der Waals surface area (Å²) in [4.78, 5) is 10.8. The van der Waals surface area contributed by atoms with Crippen LogP contribution < -0.4 is 0 Å². The first-order valence-electron chi connectivity index (χ1n) is 3.48. The molecule has 0 heterocycles. The van der Waals surface area contributed by atoms with E-state index >= 15 is 0 Å². The maximum Gasteiger partial charge on any atom is 0.309 e. The minimum Gasteiger partial charge on any atom is -0.469 e. The molecule has 11 heavy (non-hydrogen) atoms. The number of hydrogen-bond donors (Lipinski definition) is 1. The summed E-state index contributed by atoms with van der Waals surface area (Å²) < 4.78 is 4.53. The Kier molecular flexibility index (Phi) is 6.36. The van der Waals surface area contributed by atoms with Crippen molar-refractivity contribution < 1.29 is 14.6 Å². The molecule has 1 atom stereocenters. The summed E-state index contributed by atoms with van der Waals surface area (Å²) in [6, 6.07) is 0. The van der Waals surface area contributed by atoms with E-state index in [1.54, 1.807) is 11.8 Å². The van der Waals surface area contributed by atoms with Gasteiger partial charge in [-0.15, -0.1) is 0 Å². The fourth-order valence-electron chi connectivity index (χ4n) is 0.594. The standard InChI is InChI=1S/C7H14O3S/c1-6(7(9)10-2)5-11-4-3-8/h6,8H,3-5H2,1-2H3/t6-/m0/s1. The molecule has 0 aromatic heterocycles. The third-order valence-corrected chi connectivity index (χ3v) is 2.41. The van der Waals surface area contributed by atoms with Gasteiger partial charge in [-0.3, -0.25) is 4.79 Å². The molecular weight excluding hydrogens is 164 g/mol. The zero-order chi connectivity index (χ0) is 8.69. The highest BCUT2D eigenvalue weighted by molar-refractivity contribution is 7.99. The quantitative estimate of drug-likeness (QED) is 0.492. The molecule has 4 heteroatoms. The van der Waals surface area contributed by atoms with E-state index in [1.165, 1.54) is 7.11 Å². The molecule has 0 aromatic carbocycles. The molecule has 66 valence electrons. The lowest BCUT2D eigenvalue weighted by atomic mass is 10.2. The van der Waals surface area contributed by atoms with Crippen LogP contribution in [0.3, 0.4) is 0 Å². The number of thioether (sulfide) groups is 1. The topological polar surface area (TPSA) is 46.5 Å². The summed E-state index contributed by atoms with van der Waals surface area (Å²) in [5, 5.41) is 8.44. The van der Waals surface area contributed by atoms with E-state index in [2.05, 4.69) is 4.74 Å². The van der Waals surface area contributed by atoms with E-state index in [9.17, 15) is 4.79 Å². The molecule has 0 bridgehead atoms. The maximum absolute atomic E-state index is 10.8. The molecule has 0 aliphatic heterocycles. The molecule has 0 spiro atoms. The lowest BCUT2D eigenvalue weighted by molar-refractivity contribution is -0.143. The summed E-state index contributed by atoms with van der Waals surface area (Å²) >= 11 is 1.55. The van der Waals surface area contributed by atoms with E-state index < -0.39 is 0 Å². The number of ether oxygens (including phenoxy) is 1. The van der Waals surface area contributed by atoms with Crippen LogP contribution in [0.5, 0.6) is 0 Å². The monoisotopic (exact) mass is 178 g/mol. The average molecular weight is 178 g/mol. The first-order valence-corrected chi connectivity index (χ1v) is 4.64. The van der Waals surface area contributed by atoms with E-state index in [0.29, 0.717) is 11.5 Å². The zero-order valence-electron chi connectivity index (χ0n) is 6.87. The molecule has 0 radical (unpaired) electrons. The van der Waals surface area contributed by atoms with Crippen molar-refractivity contribution in [3.63, 3.8) is 0 Å². The van der Waals surface area contributed by atoms with Crippen molar-refractivity contribution in [3.8, 4) is 0 Å². The van der Waals surface area contributed by atoms with E-state index in [0.717, 1.165) is 0 Å². The molecule has 0 aliphatic rings. The van der Waals surface area contributed by atoms with Crippen molar-refractivity contribution in [2.75, 3.05) is 25.2 Å². The third kappa shape index (κ3) is 5.09. The van der Waals surface area contributed by atoms with E-state index in [4.69, 9.17) is 5.11 Å². The highest BCUT2D eigenvalue weighted by Gasteiger charge is 2.11. The molecule has 0 rings (SSSR count). The predicted molar refractivity (Wildman–Crippen MR) is 45.6 cm³/mol. The van der Waals surface area contributed by atoms with Gasteiger partial charge in [0.1, 0.15) is 0 Å². The number of aliphatic hydroxyl groups is 1. The van der Waals surface area contributed by atoms with Crippen molar-refractivity contribution in [1.82, 2.24) is 0 Å². The van der Waals surface area contributed by atoms with Gasteiger partial charge in [0.15, 0.2) is 0 Å². The fourth-order valence-corrected chi connectivity index (χ4v) is 1.38. The molecular formula is C7H14O3S. The molecule has 1 N–H and O–H groups in total. The second-order valence-electron chi connectivity index (χ2n) is 2.22. The van der Waals surface area contributed by atoms with Gasteiger partial charge in [0, 0.05) is 11.5 Å². The molecule has 0 amide bonds. The number of carbonyl (C=O) groups is 1. The fraction of sp³-hybridized carbons (Fsp3) is 0.857. The van der Waals surface area contributed by atoms with Gasteiger partial charge in [-0.05, 0) is 0 Å². The smallest absolute Gasteiger partial charge is 0.309 e. The first kappa shape index (κ1) is 10.8. The van der Waals surface area contributed by atoms with Crippen molar-refractivity contribution in [1.29, 1.82) is 0 Å². The SMILES string of the molecule is COC(=O)[C@@H](C)CSCCO. The van der Waals surface area contributed by atoms with Gasteiger partial charge in [0.25, 0.3) is 0 Å². The van der Waals surface area contributed by atoms with Gasteiger partial charge in [-0.1, -0.05) is 6.92 Å². The number of hydrogen-bond acceptors (Lipinski definition) is 4. The summed E-state index contributed by atoms with van der Waals surface area (Å²) in [5.74, 6) is 1.14. The second kappa shape index (κ2) is 6.49. The van der Waals surface area contributed by atoms with Crippen molar-refractivity contribution >= 4 is 17.7 Å². The molecule has 0 aromatic rings. The van der Waals surface area contributed by atoms with Crippen LogP contribution in [0.25, 0.3) is 0 Å². The minimum absolute atomic E-state index is 0.0726. The van der Waals surface area contributed by atoms with Crippen LogP contribution in [-0.4, -0.2) is 36.3 Å². The Morgan fingerprint density at radius 2 is 2.36 bits per heavy atom. The normalized spacial score (nSPS) is 12.6. The number of methoxy groups -OCH3 is 1. The molecule has 3 nitrogen and oxygen atoms in total. The van der Waals surface area contributed by atoms with Crippen LogP contribution in [-0.2, 0) is 9.53 Å². The van der Waals surface area contributed by atoms with Crippen LogP contribution in [0.2, 0.25) is 0 Å². The Bertz CT molecular complexity index is 116. The summed E-state index contributed by atoms with van der Waals surface area (Å²) in [6.45, 7) is 1.98. The van der Waals surface area contributed by atoms with E-state index in [1.807, 2.05) is 6.92 Å². The summed E-state index contributed by atoms with van der Waals surface area (Å²) in [7, 11) is 1.38. The molecule has 0 aliphatic carbocycles.